The van der Waals surface area contributed by atoms with Gasteiger partial charge in [0.05, 0.1) is 10.0 Å². The number of benzene rings is 2. The second-order valence-corrected chi connectivity index (χ2v) is 6.62. The van der Waals surface area contributed by atoms with Gasteiger partial charge in [0.2, 0.25) is 11.8 Å². The second-order valence-electron chi connectivity index (χ2n) is 5.81. The normalized spacial score (nSPS) is 10.5. The van der Waals surface area contributed by atoms with Crippen molar-refractivity contribution < 1.29 is 14.0 Å². The third-order valence-corrected chi connectivity index (χ3v) is 4.58. The summed E-state index contributed by atoms with van der Waals surface area (Å²) < 4.78 is 12.9. The number of hydrogen-bond donors (Lipinski definition) is 1. The maximum atomic E-state index is 12.9. The fourth-order valence-corrected chi connectivity index (χ4v) is 2.67. The fourth-order valence-electron chi connectivity index (χ4n) is 2.38. The molecule has 2 rings (SSSR count). The maximum absolute atomic E-state index is 12.9. The zero-order valence-corrected chi connectivity index (χ0v) is 15.8. The highest BCUT2D eigenvalue weighted by Gasteiger charge is 2.12. The van der Waals surface area contributed by atoms with Crippen LogP contribution in [0.2, 0.25) is 10.0 Å². The van der Waals surface area contributed by atoms with Crippen LogP contribution in [-0.2, 0) is 16.0 Å². The summed E-state index contributed by atoms with van der Waals surface area (Å²) in [4.78, 5) is 25.5. The Hall–Kier alpha value is -2.11. The number of nitrogens with zero attached hydrogens (tertiary/aromatic N) is 1. The number of rotatable bonds is 7. The number of carbonyl (C=O) groups excluding carboxylic acids is 2. The van der Waals surface area contributed by atoms with Crippen molar-refractivity contribution in [2.24, 2.45) is 0 Å². The first-order chi connectivity index (χ1) is 12.3. The van der Waals surface area contributed by atoms with Crippen molar-refractivity contribution in [3.63, 3.8) is 0 Å². The van der Waals surface area contributed by atoms with Crippen LogP contribution in [-0.4, -0.2) is 29.8 Å². The lowest BCUT2D eigenvalue weighted by atomic mass is 10.1. The summed E-state index contributed by atoms with van der Waals surface area (Å²) in [6, 6.07) is 11.0. The summed E-state index contributed by atoms with van der Waals surface area (Å²) in [5.41, 5.74) is 1.47. The van der Waals surface area contributed by atoms with Crippen LogP contribution >= 0.6 is 23.2 Å². The first-order valence-electron chi connectivity index (χ1n) is 8.10. The molecular weight excluding hydrogens is 378 g/mol. The Morgan fingerprint density at radius 3 is 2.35 bits per heavy atom. The highest BCUT2D eigenvalue weighted by Crippen LogP contribution is 2.25. The van der Waals surface area contributed by atoms with E-state index in [4.69, 9.17) is 23.2 Å². The van der Waals surface area contributed by atoms with Crippen LogP contribution in [0.15, 0.2) is 42.5 Å². The SMILES string of the molecule is CC(=O)N(CCC(=O)Nc1ccc(Cl)c(Cl)c1)CCc1ccc(F)cc1. The zero-order valence-electron chi connectivity index (χ0n) is 14.3. The zero-order chi connectivity index (χ0) is 19.1. The molecule has 2 aromatic carbocycles. The molecule has 0 atom stereocenters. The lowest BCUT2D eigenvalue weighted by Gasteiger charge is -2.21. The van der Waals surface area contributed by atoms with E-state index in [2.05, 4.69) is 5.32 Å². The Kier molecular flexibility index (Phi) is 7.42. The predicted octanol–water partition coefficient (Wildman–Crippen LogP) is 4.55. The van der Waals surface area contributed by atoms with Crippen LogP contribution in [0.25, 0.3) is 0 Å². The van der Waals surface area contributed by atoms with E-state index >= 15 is 0 Å². The highest BCUT2D eigenvalue weighted by atomic mass is 35.5. The molecule has 0 heterocycles. The van der Waals surface area contributed by atoms with Gasteiger partial charge in [0.25, 0.3) is 0 Å². The minimum Gasteiger partial charge on any atom is -0.342 e. The molecule has 0 fully saturated rings. The maximum Gasteiger partial charge on any atom is 0.226 e. The summed E-state index contributed by atoms with van der Waals surface area (Å²) in [5.74, 6) is -0.637. The summed E-state index contributed by atoms with van der Waals surface area (Å²) in [6.07, 6.45) is 0.748. The van der Waals surface area contributed by atoms with Crippen molar-refractivity contribution >= 4 is 40.7 Å². The lowest BCUT2D eigenvalue weighted by Crippen LogP contribution is -2.33. The Labute approximate surface area is 161 Å². The van der Waals surface area contributed by atoms with Gasteiger partial charge in [-0.1, -0.05) is 35.3 Å². The van der Waals surface area contributed by atoms with E-state index in [1.165, 1.54) is 19.1 Å². The molecule has 0 unspecified atom stereocenters. The number of hydrogen-bond acceptors (Lipinski definition) is 2. The molecule has 138 valence electrons. The fraction of sp³-hybridized carbons (Fsp3) is 0.263. The number of amides is 2. The molecule has 0 saturated heterocycles. The smallest absolute Gasteiger partial charge is 0.226 e. The molecule has 0 spiro atoms. The number of anilines is 1. The molecule has 2 aromatic rings. The van der Waals surface area contributed by atoms with Gasteiger partial charge in [0.15, 0.2) is 0 Å². The predicted molar refractivity (Wildman–Crippen MR) is 102 cm³/mol. The third kappa shape index (κ3) is 6.32. The molecule has 0 saturated carbocycles. The van der Waals surface area contributed by atoms with Crippen molar-refractivity contribution in [3.8, 4) is 0 Å². The first kappa shape index (κ1) is 20.2. The number of carbonyl (C=O) groups is 2. The molecule has 4 nitrogen and oxygen atoms in total. The van der Waals surface area contributed by atoms with E-state index in [-0.39, 0.29) is 24.1 Å². The number of halogens is 3. The quantitative estimate of drug-likeness (QED) is 0.745. The van der Waals surface area contributed by atoms with E-state index in [1.54, 1.807) is 35.2 Å². The summed E-state index contributed by atoms with van der Waals surface area (Å²) >= 11 is 11.8. The average molecular weight is 397 g/mol. The van der Waals surface area contributed by atoms with Crippen molar-refractivity contribution in [1.82, 2.24) is 4.90 Å². The molecule has 7 heteroatoms. The molecular formula is C19H19Cl2FN2O2. The van der Waals surface area contributed by atoms with Gasteiger partial charge < -0.3 is 10.2 Å². The molecule has 1 N–H and O–H groups in total. The monoisotopic (exact) mass is 396 g/mol. The molecule has 0 radical (unpaired) electrons. The standard InChI is InChI=1S/C19H19Cl2FN2O2/c1-13(25)24(10-8-14-2-4-15(22)5-3-14)11-9-19(26)23-16-6-7-17(20)18(21)12-16/h2-7,12H,8-11H2,1H3,(H,23,26). The van der Waals surface area contributed by atoms with Crippen molar-refractivity contribution in [2.45, 2.75) is 19.8 Å². The molecule has 0 aliphatic carbocycles. The molecule has 0 aliphatic rings. The minimum atomic E-state index is -0.295. The van der Waals surface area contributed by atoms with Crippen molar-refractivity contribution in [2.75, 3.05) is 18.4 Å². The van der Waals surface area contributed by atoms with Gasteiger partial charge in [-0.15, -0.1) is 0 Å². The van der Waals surface area contributed by atoms with Gasteiger partial charge in [0, 0.05) is 32.1 Å². The second kappa shape index (κ2) is 9.55. The largest absolute Gasteiger partial charge is 0.342 e. The van der Waals surface area contributed by atoms with Gasteiger partial charge in [-0.25, -0.2) is 4.39 Å². The average Bonchev–Trinajstić information content (AvgIpc) is 2.59. The molecule has 0 aromatic heterocycles. The Bertz CT molecular complexity index is 782. The molecule has 0 aliphatic heterocycles. The van der Waals surface area contributed by atoms with Crippen LogP contribution in [0.4, 0.5) is 10.1 Å². The lowest BCUT2D eigenvalue weighted by molar-refractivity contribution is -0.129. The Balaban J connectivity index is 1.84. The van der Waals surface area contributed by atoms with E-state index < -0.39 is 0 Å². The highest BCUT2D eigenvalue weighted by molar-refractivity contribution is 6.42. The van der Waals surface area contributed by atoms with Crippen LogP contribution < -0.4 is 5.32 Å². The topological polar surface area (TPSA) is 49.4 Å². The van der Waals surface area contributed by atoms with Crippen LogP contribution in [0.1, 0.15) is 18.9 Å². The van der Waals surface area contributed by atoms with E-state index in [0.29, 0.717) is 35.2 Å². The summed E-state index contributed by atoms with van der Waals surface area (Å²) in [5, 5.41) is 3.49. The van der Waals surface area contributed by atoms with Gasteiger partial charge in [-0.2, -0.15) is 0 Å². The summed E-state index contributed by atoms with van der Waals surface area (Å²) in [7, 11) is 0. The first-order valence-corrected chi connectivity index (χ1v) is 8.85. The van der Waals surface area contributed by atoms with E-state index in [0.717, 1.165) is 5.56 Å². The Morgan fingerprint density at radius 1 is 1.04 bits per heavy atom. The van der Waals surface area contributed by atoms with Gasteiger partial charge in [-0.05, 0) is 42.3 Å². The summed E-state index contributed by atoms with van der Waals surface area (Å²) in [6.45, 7) is 2.21. The molecule has 26 heavy (non-hydrogen) atoms. The minimum absolute atomic E-state index is 0.116. The molecule has 2 amide bonds. The van der Waals surface area contributed by atoms with Crippen LogP contribution in [0.5, 0.6) is 0 Å². The van der Waals surface area contributed by atoms with Gasteiger partial charge in [0.1, 0.15) is 5.82 Å². The van der Waals surface area contributed by atoms with Crippen LogP contribution in [0, 0.1) is 5.82 Å². The van der Waals surface area contributed by atoms with Crippen molar-refractivity contribution in [3.05, 3.63) is 63.9 Å². The van der Waals surface area contributed by atoms with Gasteiger partial charge >= 0.3 is 0 Å². The third-order valence-electron chi connectivity index (χ3n) is 3.84. The van der Waals surface area contributed by atoms with Crippen molar-refractivity contribution in [1.29, 1.82) is 0 Å². The Morgan fingerprint density at radius 2 is 1.73 bits per heavy atom. The molecule has 0 bridgehead atoms. The van der Waals surface area contributed by atoms with Gasteiger partial charge in [-0.3, -0.25) is 9.59 Å². The number of nitrogens with one attached hydrogen (secondary N) is 1. The van der Waals surface area contributed by atoms with Crippen LogP contribution in [0.3, 0.4) is 0 Å². The van der Waals surface area contributed by atoms with E-state index in [9.17, 15) is 14.0 Å². The van der Waals surface area contributed by atoms with E-state index in [1.807, 2.05) is 0 Å².